The average Bonchev–Trinajstić information content (AvgIpc) is 3.55. The van der Waals surface area contributed by atoms with Crippen molar-refractivity contribution < 1.29 is 38.6 Å². The number of benzene rings is 2. The van der Waals surface area contributed by atoms with Gasteiger partial charge < -0.3 is 39.8 Å². The number of esters is 1. The van der Waals surface area contributed by atoms with Gasteiger partial charge in [-0.3, -0.25) is 19.2 Å². The van der Waals surface area contributed by atoms with E-state index in [0.717, 1.165) is 30.5 Å². The number of hydrogen-bond donors (Lipinski definition) is 4. The number of piperidine rings is 1. The Morgan fingerprint density at radius 3 is 2.59 bits per heavy atom. The summed E-state index contributed by atoms with van der Waals surface area (Å²) in [7, 11) is -1.72. The summed E-state index contributed by atoms with van der Waals surface area (Å²) < 4.78 is 11.7. The highest BCUT2D eigenvalue weighted by molar-refractivity contribution is 6.71. The van der Waals surface area contributed by atoms with Crippen molar-refractivity contribution in [3.05, 3.63) is 59.2 Å². The van der Waals surface area contributed by atoms with Crippen LogP contribution >= 0.6 is 0 Å². The molecule has 6 atom stereocenters. The van der Waals surface area contributed by atoms with E-state index in [9.17, 15) is 29.1 Å². The first-order valence-electron chi connectivity index (χ1n) is 18.3. The third kappa shape index (κ3) is 7.23. The molecule has 4 N–H and O–H groups in total. The molecule has 4 aliphatic heterocycles. The quantitative estimate of drug-likeness (QED) is 0.155. The lowest BCUT2D eigenvalue weighted by atomic mass is 9.82. The molecular formula is C38H52N4O8Si. The first-order chi connectivity index (χ1) is 24.4. The maximum atomic E-state index is 14.8. The summed E-state index contributed by atoms with van der Waals surface area (Å²) in [5.74, 6) is -1.55. The molecule has 0 bridgehead atoms. The minimum atomic E-state index is -3.07. The first kappa shape index (κ1) is 37.1. The van der Waals surface area contributed by atoms with Gasteiger partial charge >= 0.3 is 5.97 Å². The van der Waals surface area contributed by atoms with Crippen molar-refractivity contribution >= 4 is 43.4 Å². The maximum Gasteiger partial charge on any atom is 0.305 e. The van der Waals surface area contributed by atoms with Gasteiger partial charge in [0.05, 0.1) is 43.9 Å². The molecule has 13 heteroatoms. The molecule has 12 nitrogen and oxygen atoms in total. The molecule has 6 rings (SSSR count). The molecule has 0 radical (unpaired) electrons. The molecule has 2 saturated heterocycles. The minimum Gasteiger partial charge on any atom is -0.469 e. The number of carbonyl (C=O) groups excluding carboxylic acids is 4. The molecule has 0 saturated carbocycles. The minimum absolute atomic E-state index is 0.0563. The zero-order valence-corrected chi connectivity index (χ0v) is 31.2. The average molecular weight is 721 g/mol. The van der Waals surface area contributed by atoms with Crippen LogP contribution in [0, 0.1) is 11.8 Å². The molecule has 51 heavy (non-hydrogen) atoms. The van der Waals surface area contributed by atoms with E-state index >= 15 is 0 Å². The van der Waals surface area contributed by atoms with E-state index in [4.69, 9.17) is 9.47 Å². The van der Waals surface area contributed by atoms with Crippen molar-refractivity contribution in [1.82, 2.24) is 10.2 Å². The molecule has 4 aliphatic rings. The lowest BCUT2D eigenvalue weighted by molar-refractivity contribution is -0.151. The molecule has 3 amide bonds. The van der Waals surface area contributed by atoms with Crippen molar-refractivity contribution in [2.75, 3.05) is 43.6 Å². The molecule has 0 aliphatic carbocycles. The molecule has 2 fully saturated rings. The Morgan fingerprint density at radius 2 is 1.90 bits per heavy atom. The smallest absolute Gasteiger partial charge is 0.305 e. The normalized spacial score (nSPS) is 27.3. The number of hydrogen-bond acceptors (Lipinski definition) is 9. The number of rotatable bonds is 11. The summed E-state index contributed by atoms with van der Waals surface area (Å²) in [6.45, 7) is 7.57. The van der Waals surface area contributed by atoms with Crippen molar-refractivity contribution in [2.24, 2.45) is 11.8 Å². The Hall–Kier alpha value is -3.62. The van der Waals surface area contributed by atoms with Crippen LogP contribution in [0.3, 0.4) is 0 Å². The predicted octanol–water partition coefficient (Wildman–Crippen LogP) is 3.45. The van der Waals surface area contributed by atoms with Crippen LogP contribution in [0.25, 0.3) is 0 Å². The van der Waals surface area contributed by atoms with Crippen LogP contribution in [-0.4, -0.2) is 92.3 Å². The lowest BCUT2D eigenvalue weighted by Crippen LogP contribution is -2.48. The number of methoxy groups -OCH3 is 1. The Labute approximate surface area is 301 Å². The second-order valence-electron chi connectivity index (χ2n) is 15.1. The SMILES string of the molecule is COC(=O)CCCCN1C(=O)[C@@]2(O[C@@H](CC(=O)N3Cc4ccccc4C[C@H]3CO)[C@H]([Si](C)(C)O)[C@H]2C)c2cc(NC(=O)C3CCCNC3)ccc21. The Bertz CT molecular complexity index is 1640. The number of ether oxygens (including phenoxy) is 2. The van der Waals surface area contributed by atoms with Gasteiger partial charge in [-0.2, -0.15) is 0 Å². The van der Waals surface area contributed by atoms with E-state index in [2.05, 4.69) is 10.6 Å². The number of amides is 3. The van der Waals surface area contributed by atoms with Crippen molar-refractivity contribution in [3.63, 3.8) is 0 Å². The fraction of sp³-hybridized carbons (Fsp3) is 0.579. The number of nitrogens with one attached hydrogen (secondary N) is 2. The first-order valence-corrected chi connectivity index (χ1v) is 21.3. The van der Waals surface area contributed by atoms with Gasteiger partial charge in [-0.1, -0.05) is 31.2 Å². The number of unbranched alkanes of at least 4 members (excludes halogenated alkanes) is 1. The van der Waals surface area contributed by atoms with E-state index in [1.807, 2.05) is 56.4 Å². The highest BCUT2D eigenvalue weighted by Crippen LogP contribution is 2.60. The predicted molar refractivity (Wildman–Crippen MR) is 194 cm³/mol. The van der Waals surface area contributed by atoms with E-state index in [1.54, 1.807) is 15.9 Å². The van der Waals surface area contributed by atoms with Gasteiger partial charge in [0.25, 0.3) is 5.91 Å². The Kier molecular flexibility index (Phi) is 11.0. The van der Waals surface area contributed by atoms with Crippen LogP contribution in [0.1, 0.15) is 62.1 Å². The summed E-state index contributed by atoms with van der Waals surface area (Å²) in [5.41, 5.74) is 1.96. The van der Waals surface area contributed by atoms with Crippen molar-refractivity contribution in [2.45, 2.75) is 94.8 Å². The Balaban J connectivity index is 1.32. The van der Waals surface area contributed by atoms with Gasteiger partial charge in [0.2, 0.25) is 11.8 Å². The fourth-order valence-electron chi connectivity index (χ4n) is 8.87. The molecular weight excluding hydrogens is 669 g/mol. The largest absolute Gasteiger partial charge is 0.469 e. The number of aliphatic hydroxyl groups excluding tert-OH is 1. The van der Waals surface area contributed by atoms with Gasteiger partial charge in [-0.05, 0) is 81.1 Å². The van der Waals surface area contributed by atoms with Crippen LogP contribution in [0.2, 0.25) is 18.6 Å². The molecule has 1 unspecified atom stereocenters. The van der Waals surface area contributed by atoms with Crippen LogP contribution in [0.4, 0.5) is 11.4 Å². The van der Waals surface area contributed by atoms with Crippen LogP contribution in [-0.2, 0) is 47.2 Å². The monoisotopic (exact) mass is 720 g/mol. The number of anilines is 2. The summed E-state index contributed by atoms with van der Waals surface area (Å²) in [6.07, 6.45) is 2.73. The molecule has 2 aromatic rings. The maximum absolute atomic E-state index is 14.8. The van der Waals surface area contributed by atoms with Crippen molar-refractivity contribution in [3.8, 4) is 0 Å². The number of nitrogens with zero attached hydrogens (tertiary/aromatic N) is 2. The van der Waals surface area contributed by atoms with Crippen LogP contribution < -0.4 is 15.5 Å². The second-order valence-corrected chi connectivity index (χ2v) is 19.1. The third-order valence-electron chi connectivity index (χ3n) is 11.4. The van der Waals surface area contributed by atoms with E-state index in [-0.39, 0.29) is 49.1 Å². The van der Waals surface area contributed by atoms with E-state index < -0.39 is 37.5 Å². The van der Waals surface area contributed by atoms with Crippen LogP contribution in [0.5, 0.6) is 0 Å². The molecule has 2 aromatic carbocycles. The second kappa shape index (κ2) is 15.2. The molecule has 0 aromatic heterocycles. The number of fused-ring (bicyclic) bond motifs is 3. The molecule has 1 spiro atoms. The van der Waals surface area contributed by atoms with Crippen LogP contribution in [0.15, 0.2) is 42.5 Å². The zero-order valence-electron chi connectivity index (χ0n) is 30.2. The van der Waals surface area contributed by atoms with E-state index in [1.165, 1.54) is 7.11 Å². The summed E-state index contributed by atoms with van der Waals surface area (Å²) in [6, 6.07) is 13.0. The fourth-order valence-corrected chi connectivity index (χ4v) is 11.4. The van der Waals surface area contributed by atoms with Gasteiger partial charge in [0.1, 0.15) is 0 Å². The number of aliphatic hydroxyl groups is 1. The summed E-state index contributed by atoms with van der Waals surface area (Å²) >= 11 is 0. The zero-order chi connectivity index (χ0) is 36.5. The van der Waals surface area contributed by atoms with Crippen molar-refractivity contribution in [1.29, 1.82) is 0 Å². The topological polar surface area (TPSA) is 158 Å². The van der Waals surface area contributed by atoms with Gasteiger partial charge in [-0.15, -0.1) is 0 Å². The van der Waals surface area contributed by atoms with Gasteiger partial charge in [0.15, 0.2) is 13.9 Å². The highest BCUT2D eigenvalue weighted by Gasteiger charge is 2.66. The van der Waals surface area contributed by atoms with Gasteiger partial charge in [0, 0.05) is 48.8 Å². The highest BCUT2D eigenvalue weighted by atomic mass is 28.4. The molecule has 276 valence electrons. The van der Waals surface area contributed by atoms with Gasteiger partial charge in [-0.25, -0.2) is 0 Å². The lowest BCUT2D eigenvalue weighted by Gasteiger charge is -2.37. The summed E-state index contributed by atoms with van der Waals surface area (Å²) in [4.78, 5) is 69.2. The number of carbonyl (C=O) groups is 4. The summed E-state index contributed by atoms with van der Waals surface area (Å²) in [5, 5.41) is 16.7. The third-order valence-corrected chi connectivity index (χ3v) is 13.9. The Morgan fingerprint density at radius 1 is 1.14 bits per heavy atom. The molecule has 4 heterocycles. The standard InChI is InChI=1S/C38H52N4O8Si/c1-24-35(51(3,4)48)32(20-33(44)42-22-27-11-6-5-10-25(27)18-29(42)23-43)50-38(24)30-19-28(40-36(46)26-12-9-16-39-21-26)14-15-31(30)41(37(38)47)17-8-7-13-34(45)49-2/h5-6,10-11,14-15,19,24,26,29,32,35,39,43,48H,7-9,12-13,16-18,20-23H2,1-4H3,(H,40,46)/t24-,26?,29+,32+,35-,38+/m1/s1. The van der Waals surface area contributed by atoms with E-state index in [0.29, 0.717) is 55.8 Å².